The maximum atomic E-state index is 12.8. The first-order valence-electron chi connectivity index (χ1n) is 6.02. The van der Waals surface area contributed by atoms with Crippen molar-refractivity contribution in [2.24, 2.45) is 5.73 Å². The van der Waals surface area contributed by atoms with Crippen LogP contribution in [0.15, 0.2) is 30.6 Å². The van der Waals surface area contributed by atoms with Gasteiger partial charge in [-0.15, -0.1) is 0 Å². The first-order chi connectivity index (χ1) is 9.81. The zero-order valence-electron chi connectivity index (χ0n) is 11.0. The molecule has 0 unspecified atom stereocenters. The molecule has 0 saturated heterocycles. The van der Waals surface area contributed by atoms with Crippen LogP contribution >= 0.6 is 12.2 Å². The minimum Gasteiger partial charge on any atom is -0.454 e. The molecule has 112 valence electrons. The molecule has 0 atom stereocenters. The molecule has 0 aliphatic rings. The van der Waals surface area contributed by atoms with Gasteiger partial charge in [-0.3, -0.25) is 4.68 Å². The summed E-state index contributed by atoms with van der Waals surface area (Å²) in [6, 6.07) is 3.29. The Morgan fingerprint density at radius 1 is 1.38 bits per heavy atom. The molecule has 0 spiro atoms. The molecule has 0 aliphatic carbocycles. The van der Waals surface area contributed by atoms with Gasteiger partial charge in [0.05, 0.1) is 18.0 Å². The van der Waals surface area contributed by atoms with Crippen molar-refractivity contribution in [1.29, 1.82) is 0 Å². The van der Waals surface area contributed by atoms with Crippen LogP contribution in [-0.2, 0) is 12.7 Å². The lowest BCUT2D eigenvalue weighted by Gasteiger charge is -2.13. The number of hydrogen-bond donors (Lipinski definition) is 1. The van der Waals surface area contributed by atoms with Crippen LogP contribution in [0, 0.1) is 0 Å². The van der Waals surface area contributed by atoms with E-state index < -0.39 is 11.7 Å². The average molecular weight is 315 g/mol. The largest absolute Gasteiger partial charge is 0.454 e. The van der Waals surface area contributed by atoms with E-state index >= 15 is 0 Å². The lowest BCUT2D eigenvalue weighted by molar-refractivity contribution is -0.137. The molecule has 8 heteroatoms. The van der Waals surface area contributed by atoms with E-state index in [1.807, 2.05) is 6.92 Å². The molecular formula is C13H12F3N3OS. The van der Waals surface area contributed by atoms with Gasteiger partial charge < -0.3 is 10.5 Å². The van der Waals surface area contributed by atoms with Crippen molar-refractivity contribution in [1.82, 2.24) is 9.78 Å². The Morgan fingerprint density at radius 3 is 2.62 bits per heavy atom. The summed E-state index contributed by atoms with van der Waals surface area (Å²) < 4.78 is 45.6. The van der Waals surface area contributed by atoms with E-state index in [-0.39, 0.29) is 16.3 Å². The number of aromatic nitrogens is 2. The Labute approximate surface area is 124 Å². The number of ether oxygens (including phenoxy) is 1. The highest BCUT2D eigenvalue weighted by atomic mass is 32.1. The van der Waals surface area contributed by atoms with E-state index in [1.54, 1.807) is 10.9 Å². The number of thiocarbonyl (C=S) groups is 1. The first-order valence-corrected chi connectivity index (χ1v) is 6.43. The van der Waals surface area contributed by atoms with Gasteiger partial charge in [0.1, 0.15) is 10.7 Å². The summed E-state index contributed by atoms with van der Waals surface area (Å²) in [5.41, 5.74) is 4.21. The number of halogens is 3. The maximum absolute atomic E-state index is 12.8. The molecule has 0 aliphatic heterocycles. The van der Waals surface area contributed by atoms with Gasteiger partial charge in [0, 0.05) is 12.1 Å². The van der Waals surface area contributed by atoms with Gasteiger partial charge in [-0.25, -0.2) is 0 Å². The van der Waals surface area contributed by atoms with Crippen LogP contribution in [0.3, 0.4) is 0 Å². The van der Waals surface area contributed by atoms with Crippen molar-refractivity contribution >= 4 is 17.2 Å². The summed E-state index contributed by atoms with van der Waals surface area (Å²) >= 11 is 4.67. The fourth-order valence-corrected chi connectivity index (χ4v) is 1.91. The fourth-order valence-electron chi connectivity index (χ4n) is 1.74. The summed E-state index contributed by atoms with van der Waals surface area (Å²) in [4.78, 5) is -0.336. The third-order valence-electron chi connectivity index (χ3n) is 2.73. The summed E-state index contributed by atoms with van der Waals surface area (Å²) in [7, 11) is 0. The Bertz CT molecular complexity index is 667. The smallest absolute Gasteiger partial charge is 0.417 e. The molecule has 4 nitrogen and oxygen atoms in total. The standard InChI is InChI=1S/C13H12F3N3OS/c1-2-19-7-9(6-18-19)20-8-3-4-11(13(14,15)16)10(5-8)12(17)21/h3-7H,2H2,1H3,(H2,17,21). The van der Waals surface area contributed by atoms with E-state index in [4.69, 9.17) is 10.5 Å². The van der Waals surface area contributed by atoms with Crippen molar-refractivity contribution in [3.63, 3.8) is 0 Å². The van der Waals surface area contributed by atoms with E-state index in [0.717, 1.165) is 6.07 Å². The van der Waals surface area contributed by atoms with E-state index in [1.165, 1.54) is 18.3 Å². The van der Waals surface area contributed by atoms with Crippen LogP contribution in [0.25, 0.3) is 0 Å². The second kappa shape index (κ2) is 5.72. The molecule has 1 aromatic carbocycles. The number of hydrogen-bond acceptors (Lipinski definition) is 3. The number of aryl methyl sites for hydroxylation is 1. The number of rotatable bonds is 4. The zero-order chi connectivity index (χ0) is 15.6. The van der Waals surface area contributed by atoms with Crippen molar-refractivity contribution in [3.05, 3.63) is 41.7 Å². The highest BCUT2D eigenvalue weighted by Gasteiger charge is 2.34. The quantitative estimate of drug-likeness (QED) is 0.879. The van der Waals surface area contributed by atoms with Gasteiger partial charge in [0.15, 0.2) is 5.75 Å². The van der Waals surface area contributed by atoms with E-state index in [9.17, 15) is 13.2 Å². The molecule has 2 rings (SSSR count). The van der Waals surface area contributed by atoms with Crippen LogP contribution < -0.4 is 10.5 Å². The summed E-state index contributed by atoms with van der Waals surface area (Å²) in [5, 5.41) is 4.01. The predicted octanol–water partition coefficient (Wildman–Crippen LogP) is 3.35. The van der Waals surface area contributed by atoms with Gasteiger partial charge in [-0.05, 0) is 25.1 Å². The van der Waals surface area contributed by atoms with Crippen molar-refractivity contribution in [2.45, 2.75) is 19.6 Å². The van der Waals surface area contributed by atoms with Gasteiger partial charge in [0.25, 0.3) is 0 Å². The monoisotopic (exact) mass is 315 g/mol. The molecule has 1 heterocycles. The molecular weight excluding hydrogens is 303 g/mol. The second-order valence-corrected chi connectivity index (χ2v) is 4.64. The first kappa shape index (κ1) is 15.3. The van der Waals surface area contributed by atoms with Gasteiger partial charge in [-0.1, -0.05) is 12.2 Å². The summed E-state index contributed by atoms with van der Waals surface area (Å²) in [5.74, 6) is 0.631. The van der Waals surface area contributed by atoms with Crippen molar-refractivity contribution < 1.29 is 17.9 Å². The topological polar surface area (TPSA) is 53.1 Å². The van der Waals surface area contributed by atoms with Crippen molar-refractivity contribution in [3.8, 4) is 11.5 Å². The summed E-state index contributed by atoms with van der Waals surface area (Å²) in [6.45, 7) is 2.56. The van der Waals surface area contributed by atoms with Crippen LogP contribution in [-0.4, -0.2) is 14.8 Å². The Hall–Kier alpha value is -2.09. The minimum atomic E-state index is -4.52. The van der Waals surface area contributed by atoms with Crippen LogP contribution in [0.2, 0.25) is 0 Å². The average Bonchev–Trinajstić information content (AvgIpc) is 2.85. The number of benzene rings is 1. The number of nitrogens with zero attached hydrogens (tertiary/aromatic N) is 2. The van der Waals surface area contributed by atoms with E-state index in [0.29, 0.717) is 12.3 Å². The minimum absolute atomic E-state index is 0.210. The predicted molar refractivity (Wildman–Crippen MR) is 75.3 cm³/mol. The molecule has 0 radical (unpaired) electrons. The highest BCUT2D eigenvalue weighted by molar-refractivity contribution is 7.80. The molecule has 0 fully saturated rings. The Kier molecular flexibility index (Phi) is 4.17. The van der Waals surface area contributed by atoms with Crippen LogP contribution in [0.5, 0.6) is 11.5 Å². The van der Waals surface area contributed by atoms with Gasteiger partial charge >= 0.3 is 6.18 Å². The lowest BCUT2D eigenvalue weighted by atomic mass is 10.1. The van der Waals surface area contributed by atoms with Gasteiger partial charge in [-0.2, -0.15) is 18.3 Å². The Morgan fingerprint density at radius 2 is 2.10 bits per heavy atom. The number of alkyl halides is 3. The lowest BCUT2D eigenvalue weighted by Crippen LogP contribution is -2.17. The third-order valence-corrected chi connectivity index (χ3v) is 2.95. The summed E-state index contributed by atoms with van der Waals surface area (Å²) in [6.07, 6.45) is -1.41. The zero-order valence-corrected chi connectivity index (χ0v) is 11.8. The molecule has 21 heavy (non-hydrogen) atoms. The molecule has 2 aromatic rings. The van der Waals surface area contributed by atoms with Gasteiger partial charge in [0.2, 0.25) is 0 Å². The molecule has 0 amide bonds. The molecule has 1 aromatic heterocycles. The van der Waals surface area contributed by atoms with Crippen molar-refractivity contribution in [2.75, 3.05) is 0 Å². The van der Waals surface area contributed by atoms with E-state index in [2.05, 4.69) is 17.3 Å². The normalized spacial score (nSPS) is 11.4. The number of nitrogens with two attached hydrogens (primary N) is 1. The Balaban J connectivity index is 2.34. The van der Waals surface area contributed by atoms with Crippen LogP contribution in [0.1, 0.15) is 18.1 Å². The van der Waals surface area contributed by atoms with Crippen LogP contribution in [0.4, 0.5) is 13.2 Å². The fraction of sp³-hybridized carbons (Fsp3) is 0.231. The highest BCUT2D eigenvalue weighted by Crippen LogP contribution is 2.34. The third kappa shape index (κ3) is 3.52. The maximum Gasteiger partial charge on any atom is 0.417 e. The second-order valence-electron chi connectivity index (χ2n) is 4.20. The molecule has 0 bridgehead atoms. The molecule has 0 saturated carbocycles. The molecule has 2 N–H and O–H groups in total. The SMILES string of the molecule is CCn1cc(Oc2ccc(C(F)(F)F)c(C(N)=S)c2)cn1.